The van der Waals surface area contributed by atoms with Gasteiger partial charge in [-0.15, -0.1) is 0 Å². The second-order valence-electron chi connectivity index (χ2n) is 6.35. The summed E-state index contributed by atoms with van der Waals surface area (Å²) in [7, 11) is 0. The molecule has 0 amide bonds. The Balaban J connectivity index is 1.30. The van der Waals surface area contributed by atoms with Gasteiger partial charge in [0, 0.05) is 30.1 Å². The first-order valence-electron chi connectivity index (χ1n) is 8.92. The van der Waals surface area contributed by atoms with Crippen molar-refractivity contribution >= 4 is 11.0 Å². The van der Waals surface area contributed by atoms with Crippen molar-refractivity contribution in [3.8, 4) is 17.0 Å². The van der Waals surface area contributed by atoms with Crippen molar-refractivity contribution in [3.63, 3.8) is 0 Å². The van der Waals surface area contributed by atoms with Crippen LogP contribution in [-0.2, 0) is 6.54 Å². The molecule has 0 aliphatic rings. The monoisotopic (exact) mass is 380 g/mol. The number of aromatic nitrogens is 1. The third-order valence-corrected chi connectivity index (χ3v) is 4.35. The first kappa shape index (κ1) is 18.1. The lowest BCUT2D eigenvalue weighted by atomic mass is 10.1. The number of fused-ring (bicyclic) bond motifs is 1. The van der Waals surface area contributed by atoms with Gasteiger partial charge in [-0.05, 0) is 54.1 Å². The van der Waals surface area contributed by atoms with Gasteiger partial charge in [-0.2, -0.15) is 0 Å². The highest BCUT2D eigenvalue weighted by molar-refractivity contribution is 5.91. The molecule has 0 spiro atoms. The molecule has 4 rings (SSSR count). The summed E-state index contributed by atoms with van der Waals surface area (Å²) >= 11 is 0. The third kappa shape index (κ3) is 4.18. The molecular weight excluding hydrogens is 362 g/mol. The van der Waals surface area contributed by atoms with Crippen LogP contribution in [0.1, 0.15) is 5.56 Å². The molecule has 0 saturated carbocycles. The van der Waals surface area contributed by atoms with Crippen LogP contribution < -0.4 is 10.1 Å². The Morgan fingerprint density at radius 2 is 1.64 bits per heavy atom. The van der Waals surface area contributed by atoms with E-state index < -0.39 is 0 Å². The van der Waals surface area contributed by atoms with Crippen LogP contribution in [0.2, 0.25) is 0 Å². The topological polar surface area (TPSA) is 47.3 Å². The second-order valence-corrected chi connectivity index (χ2v) is 6.35. The van der Waals surface area contributed by atoms with Crippen molar-refractivity contribution in [2.24, 2.45) is 0 Å². The first-order chi connectivity index (χ1) is 13.7. The van der Waals surface area contributed by atoms with Crippen LogP contribution in [0.5, 0.6) is 5.75 Å². The molecule has 0 radical (unpaired) electrons. The molecule has 0 bridgehead atoms. The predicted molar refractivity (Wildman–Crippen MR) is 103 cm³/mol. The van der Waals surface area contributed by atoms with Crippen LogP contribution in [0.25, 0.3) is 22.2 Å². The first-order valence-corrected chi connectivity index (χ1v) is 8.92. The molecular formula is C22H18F2N2O2. The van der Waals surface area contributed by atoms with Gasteiger partial charge in [0.05, 0.1) is 0 Å². The fourth-order valence-electron chi connectivity index (χ4n) is 2.90. The number of halogens is 2. The molecule has 0 atom stereocenters. The lowest BCUT2D eigenvalue weighted by Crippen LogP contribution is -2.20. The van der Waals surface area contributed by atoms with E-state index >= 15 is 0 Å². The summed E-state index contributed by atoms with van der Waals surface area (Å²) in [6, 6.07) is 18.3. The quantitative estimate of drug-likeness (QED) is 0.461. The summed E-state index contributed by atoms with van der Waals surface area (Å²) < 4.78 is 37.0. The molecule has 1 aromatic heterocycles. The van der Waals surface area contributed by atoms with E-state index in [0.29, 0.717) is 31.0 Å². The standard InChI is InChI=1S/C22H18F2N2O2/c23-17-5-1-15(2-6-17)14-25-11-12-27-19-8-3-16(4-9-19)22-20-10-7-18(24)13-21(20)28-26-22/h1-10,13,25H,11-12,14H2. The Kier molecular flexibility index (Phi) is 5.30. The minimum Gasteiger partial charge on any atom is -0.492 e. The van der Waals surface area contributed by atoms with Gasteiger partial charge in [0.25, 0.3) is 0 Å². The molecule has 0 saturated heterocycles. The van der Waals surface area contributed by atoms with E-state index in [0.717, 1.165) is 22.3 Å². The number of nitrogens with one attached hydrogen (secondary N) is 1. The number of rotatable bonds is 7. The summed E-state index contributed by atoms with van der Waals surface area (Å²) in [5, 5.41) is 8.05. The van der Waals surface area contributed by atoms with Crippen molar-refractivity contribution in [3.05, 3.63) is 83.9 Å². The zero-order valence-electron chi connectivity index (χ0n) is 15.0. The second kappa shape index (κ2) is 8.19. The summed E-state index contributed by atoms with van der Waals surface area (Å²) in [5.41, 5.74) is 2.97. The Bertz CT molecular complexity index is 1060. The van der Waals surface area contributed by atoms with E-state index in [1.54, 1.807) is 18.2 Å². The van der Waals surface area contributed by atoms with Crippen LogP contribution in [-0.4, -0.2) is 18.3 Å². The number of nitrogens with zero attached hydrogens (tertiary/aromatic N) is 1. The Morgan fingerprint density at radius 1 is 0.893 bits per heavy atom. The van der Waals surface area contributed by atoms with Crippen LogP contribution in [0, 0.1) is 11.6 Å². The summed E-state index contributed by atoms with van der Waals surface area (Å²) in [5.74, 6) is 0.152. The maximum Gasteiger partial charge on any atom is 0.170 e. The van der Waals surface area contributed by atoms with Crippen molar-refractivity contribution < 1.29 is 18.0 Å². The van der Waals surface area contributed by atoms with Gasteiger partial charge < -0.3 is 14.6 Å². The normalized spacial score (nSPS) is 11.1. The number of hydrogen-bond donors (Lipinski definition) is 1. The Hall–Kier alpha value is -3.25. The van der Waals surface area contributed by atoms with E-state index in [-0.39, 0.29) is 11.6 Å². The summed E-state index contributed by atoms with van der Waals surface area (Å²) in [6.07, 6.45) is 0. The Morgan fingerprint density at radius 3 is 2.43 bits per heavy atom. The molecule has 1 heterocycles. The van der Waals surface area contributed by atoms with E-state index in [2.05, 4.69) is 10.5 Å². The van der Waals surface area contributed by atoms with E-state index in [9.17, 15) is 8.78 Å². The fraction of sp³-hybridized carbons (Fsp3) is 0.136. The van der Waals surface area contributed by atoms with Crippen molar-refractivity contribution in [1.29, 1.82) is 0 Å². The number of hydrogen-bond acceptors (Lipinski definition) is 4. The average molecular weight is 380 g/mol. The molecule has 4 nitrogen and oxygen atoms in total. The predicted octanol–water partition coefficient (Wildman–Crippen LogP) is 4.94. The molecule has 4 aromatic rings. The molecule has 1 N–H and O–H groups in total. The zero-order chi connectivity index (χ0) is 19.3. The highest BCUT2D eigenvalue weighted by Gasteiger charge is 2.11. The zero-order valence-corrected chi connectivity index (χ0v) is 15.0. The molecule has 0 fully saturated rings. The smallest absolute Gasteiger partial charge is 0.170 e. The molecule has 142 valence electrons. The SMILES string of the molecule is Fc1ccc(CNCCOc2ccc(-c3noc4cc(F)ccc34)cc2)cc1. The van der Waals surface area contributed by atoms with Crippen LogP contribution in [0.15, 0.2) is 71.3 Å². The van der Waals surface area contributed by atoms with Gasteiger partial charge >= 0.3 is 0 Å². The largest absolute Gasteiger partial charge is 0.492 e. The van der Waals surface area contributed by atoms with Crippen LogP contribution >= 0.6 is 0 Å². The van der Waals surface area contributed by atoms with Gasteiger partial charge in [-0.3, -0.25) is 0 Å². The molecule has 6 heteroatoms. The van der Waals surface area contributed by atoms with Gasteiger partial charge in [0.1, 0.15) is 29.7 Å². The third-order valence-electron chi connectivity index (χ3n) is 4.35. The van der Waals surface area contributed by atoms with E-state index in [4.69, 9.17) is 9.26 Å². The molecule has 3 aromatic carbocycles. The average Bonchev–Trinajstić information content (AvgIpc) is 3.12. The minimum absolute atomic E-state index is 0.235. The van der Waals surface area contributed by atoms with E-state index in [1.807, 2.05) is 24.3 Å². The molecule has 0 aliphatic heterocycles. The van der Waals surface area contributed by atoms with Gasteiger partial charge in [0.2, 0.25) is 0 Å². The van der Waals surface area contributed by atoms with Gasteiger partial charge in [-0.1, -0.05) is 17.3 Å². The number of benzene rings is 3. The van der Waals surface area contributed by atoms with Gasteiger partial charge in [0.15, 0.2) is 5.58 Å². The Labute approximate surface area is 160 Å². The molecule has 0 unspecified atom stereocenters. The fourth-order valence-corrected chi connectivity index (χ4v) is 2.90. The van der Waals surface area contributed by atoms with E-state index in [1.165, 1.54) is 24.3 Å². The van der Waals surface area contributed by atoms with Gasteiger partial charge in [-0.25, -0.2) is 8.78 Å². The highest BCUT2D eigenvalue weighted by Crippen LogP contribution is 2.29. The summed E-state index contributed by atoms with van der Waals surface area (Å²) in [4.78, 5) is 0. The van der Waals surface area contributed by atoms with Crippen molar-refractivity contribution in [2.45, 2.75) is 6.54 Å². The maximum atomic E-state index is 13.3. The number of ether oxygens (including phenoxy) is 1. The maximum absolute atomic E-state index is 13.3. The van der Waals surface area contributed by atoms with Crippen LogP contribution in [0.3, 0.4) is 0 Å². The van der Waals surface area contributed by atoms with Crippen LogP contribution in [0.4, 0.5) is 8.78 Å². The molecule has 0 aliphatic carbocycles. The lowest BCUT2D eigenvalue weighted by molar-refractivity contribution is 0.313. The highest BCUT2D eigenvalue weighted by atomic mass is 19.1. The van der Waals surface area contributed by atoms with Crippen molar-refractivity contribution in [2.75, 3.05) is 13.2 Å². The summed E-state index contributed by atoms with van der Waals surface area (Å²) in [6.45, 7) is 1.83. The minimum atomic E-state index is -0.355. The lowest BCUT2D eigenvalue weighted by Gasteiger charge is -2.08. The molecule has 28 heavy (non-hydrogen) atoms. The van der Waals surface area contributed by atoms with Crippen molar-refractivity contribution in [1.82, 2.24) is 10.5 Å².